The van der Waals surface area contributed by atoms with Crippen LogP contribution >= 0.6 is 0 Å². The number of carbonyl (C=O) groups excluding carboxylic acids is 1. The van der Waals surface area contributed by atoms with Gasteiger partial charge in [-0.05, 0) is 42.4 Å². The lowest BCUT2D eigenvalue weighted by molar-refractivity contribution is 0.0954. The molecular weight excluding hydrogens is 242 g/mol. The molecule has 1 aliphatic carbocycles. The summed E-state index contributed by atoms with van der Waals surface area (Å²) in [7, 11) is 0. The Morgan fingerprint density at radius 1 is 1.42 bits per heavy atom. The fourth-order valence-electron chi connectivity index (χ4n) is 2.64. The van der Waals surface area contributed by atoms with E-state index in [4.69, 9.17) is 4.74 Å². The predicted octanol–water partition coefficient (Wildman–Crippen LogP) is 1.89. The summed E-state index contributed by atoms with van der Waals surface area (Å²) in [6.07, 6.45) is 1.90. The molecule has 4 heteroatoms. The van der Waals surface area contributed by atoms with Gasteiger partial charge in [0.15, 0.2) is 0 Å². The van der Waals surface area contributed by atoms with Crippen molar-refractivity contribution in [2.75, 3.05) is 13.2 Å². The van der Waals surface area contributed by atoms with E-state index in [1.54, 1.807) is 12.1 Å². The van der Waals surface area contributed by atoms with Crippen LogP contribution in [-0.4, -0.2) is 24.2 Å². The van der Waals surface area contributed by atoms with Crippen molar-refractivity contribution >= 4 is 5.91 Å². The van der Waals surface area contributed by atoms with Gasteiger partial charge in [0, 0.05) is 0 Å². The van der Waals surface area contributed by atoms with Gasteiger partial charge in [-0.2, -0.15) is 0 Å². The standard InChI is InChI=1S/C15H19NO3/c1-9(10-2-3-10)14(17)11-4-5-13-12(8-11)15(18)16-6-7-19-13/h4-5,8-10,14,17H,2-3,6-7H2,1H3,(H,16,18). The number of hydrogen-bond acceptors (Lipinski definition) is 3. The van der Waals surface area contributed by atoms with Crippen LogP contribution in [0.25, 0.3) is 0 Å². The Hall–Kier alpha value is -1.55. The summed E-state index contributed by atoms with van der Waals surface area (Å²) in [5.41, 5.74) is 1.33. The number of ether oxygens (including phenoxy) is 1. The molecule has 1 aromatic rings. The zero-order chi connectivity index (χ0) is 13.4. The normalized spacial score (nSPS) is 21.7. The quantitative estimate of drug-likeness (QED) is 0.873. The molecule has 102 valence electrons. The summed E-state index contributed by atoms with van der Waals surface area (Å²) in [6.45, 7) is 3.08. The second-order valence-corrected chi connectivity index (χ2v) is 5.50. The summed E-state index contributed by atoms with van der Waals surface area (Å²) >= 11 is 0. The van der Waals surface area contributed by atoms with Gasteiger partial charge in [-0.3, -0.25) is 4.79 Å². The molecule has 0 bridgehead atoms. The van der Waals surface area contributed by atoms with Gasteiger partial charge >= 0.3 is 0 Å². The van der Waals surface area contributed by atoms with Crippen molar-refractivity contribution in [3.8, 4) is 5.75 Å². The molecule has 2 unspecified atom stereocenters. The molecule has 0 radical (unpaired) electrons. The molecule has 1 heterocycles. The number of amides is 1. The minimum atomic E-state index is -0.506. The van der Waals surface area contributed by atoms with E-state index in [9.17, 15) is 9.90 Å². The highest BCUT2D eigenvalue weighted by Gasteiger charge is 2.33. The van der Waals surface area contributed by atoms with Gasteiger partial charge in [-0.15, -0.1) is 0 Å². The number of hydrogen-bond donors (Lipinski definition) is 2. The summed E-state index contributed by atoms with van der Waals surface area (Å²) in [4.78, 5) is 11.9. The Balaban J connectivity index is 1.89. The van der Waals surface area contributed by atoms with Crippen molar-refractivity contribution in [2.24, 2.45) is 11.8 Å². The van der Waals surface area contributed by atoms with Gasteiger partial charge in [0.1, 0.15) is 12.4 Å². The maximum absolute atomic E-state index is 11.9. The fraction of sp³-hybridized carbons (Fsp3) is 0.533. The first-order valence-corrected chi connectivity index (χ1v) is 6.90. The first-order valence-electron chi connectivity index (χ1n) is 6.90. The van der Waals surface area contributed by atoms with Crippen LogP contribution in [0, 0.1) is 11.8 Å². The van der Waals surface area contributed by atoms with Crippen LogP contribution in [0.4, 0.5) is 0 Å². The smallest absolute Gasteiger partial charge is 0.255 e. The molecule has 1 fully saturated rings. The highest BCUT2D eigenvalue weighted by atomic mass is 16.5. The number of rotatable bonds is 3. The van der Waals surface area contributed by atoms with Crippen molar-refractivity contribution in [2.45, 2.75) is 25.9 Å². The highest BCUT2D eigenvalue weighted by molar-refractivity contribution is 5.97. The molecule has 2 N–H and O–H groups in total. The molecule has 1 saturated carbocycles. The Morgan fingerprint density at radius 3 is 2.95 bits per heavy atom. The van der Waals surface area contributed by atoms with Crippen LogP contribution < -0.4 is 10.1 Å². The third-order valence-electron chi connectivity index (χ3n) is 4.10. The minimum Gasteiger partial charge on any atom is -0.491 e. The van der Waals surface area contributed by atoms with E-state index in [0.29, 0.717) is 30.4 Å². The lowest BCUT2D eigenvalue weighted by Gasteiger charge is -2.19. The molecule has 4 nitrogen and oxygen atoms in total. The second kappa shape index (κ2) is 4.85. The van der Waals surface area contributed by atoms with Crippen LogP contribution in [0.1, 0.15) is 41.8 Å². The minimum absolute atomic E-state index is 0.124. The van der Waals surface area contributed by atoms with Crippen LogP contribution in [-0.2, 0) is 0 Å². The first-order chi connectivity index (χ1) is 9.16. The maximum atomic E-state index is 11.9. The van der Waals surface area contributed by atoms with Crippen molar-refractivity contribution < 1.29 is 14.6 Å². The molecule has 2 atom stereocenters. The van der Waals surface area contributed by atoms with E-state index in [1.165, 1.54) is 12.8 Å². The lowest BCUT2D eigenvalue weighted by atomic mass is 9.92. The lowest BCUT2D eigenvalue weighted by Crippen LogP contribution is -2.24. The Kier molecular flexibility index (Phi) is 3.19. The summed E-state index contributed by atoms with van der Waals surface area (Å²) < 4.78 is 5.51. The molecule has 0 spiro atoms. The topological polar surface area (TPSA) is 58.6 Å². The molecule has 1 amide bonds. The predicted molar refractivity (Wildman–Crippen MR) is 71.1 cm³/mol. The van der Waals surface area contributed by atoms with Crippen LogP contribution in [0.2, 0.25) is 0 Å². The van der Waals surface area contributed by atoms with Crippen LogP contribution in [0.3, 0.4) is 0 Å². The zero-order valence-electron chi connectivity index (χ0n) is 11.1. The van der Waals surface area contributed by atoms with E-state index in [1.807, 2.05) is 6.07 Å². The van der Waals surface area contributed by atoms with Gasteiger partial charge in [0.2, 0.25) is 0 Å². The molecular formula is C15H19NO3. The van der Waals surface area contributed by atoms with Gasteiger partial charge in [0.25, 0.3) is 5.91 Å². The molecule has 0 saturated heterocycles. The van der Waals surface area contributed by atoms with Gasteiger partial charge in [-0.25, -0.2) is 0 Å². The van der Waals surface area contributed by atoms with Crippen molar-refractivity contribution in [1.82, 2.24) is 5.32 Å². The fourth-order valence-corrected chi connectivity index (χ4v) is 2.64. The molecule has 3 rings (SSSR count). The Labute approximate surface area is 112 Å². The van der Waals surface area contributed by atoms with E-state index in [-0.39, 0.29) is 11.8 Å². The molecule has 19 heavy (non-hydrogen) atoms. The van der Waals surface area contributed by atoms with Crippen molar-refractivity contribution in [1.29, 1.82) is 0 Å². The third-order valence-corrected chi connectivity index (χ3v) is 4.10. The third kappa shape index (κ3) is 2.45. The number of carbonyl (C=O) groups is 1. The Morgan fingerprint density at radius 2 is 2.21 bits per heavy atom. The maximum Gasteiger partial charge on any atom is 0.255 e. The average Bonchev–Trinajstić information content (AvgIpc) is 3.25. The van der Waals surface area contributed by atoms with Crippen molar-refractivity contribution in [3.63, 3.8) is 0 Å². The number of benzene rings is 1. The van der Waals surface area contributed by atoms with Crippen LogP contribution in [0.15, 0.2) is 18.2 Å². The number of aliphatic hydroxyl groups is 1. The Bertz CT molecular complexity index is 496. The highest BCUT2D eigenvalue weighted by Crippen LogP contribution is 2.43. The summed E-state index contributed by atoms with van der Waals surface area (Å²) in [5, 5.41) is 13.2. The van der Waals surface area contributed by atoms with Gasteiger partial charge in [-0.1, -0.05) is 13.0 Å². The van der Waals surface area contributed by atoms with E-state index in [0.717, 1.165) is 5.56 Å². The zero-order valence-corrected chi connectivity index (χ0v) is 11.1. The monoisotopic (exact) mass is 261 g/mol. The summed E-state index contributed by atoms with van der Waals surface area (Å²) in [6, 6.07) is 5.42. The van der Waals surface area contributed by atoms with E-state index >= 15 is 0 Å². The van der Waals surface area contributed by atoms with Crippen molar-refractivity contribution in [3.05, 3.63) is 29.3 Å². The molecule has 1 aliphatic heterocycles. The average molecular weight is 261 g/mol. The molecule has 0 aromatic heterocycles. The largest absolute Gasteiger partial charge is 0.491 e. The van der Waals surface area contributed by atoms with E-state index in [2.05, 4.69) is 12.2 Å². The second-order valence-electron chi connectivity index (χ2n) is 5.50. The van der Waals surface area contributed by atoms with Gasteiger partial charge < -0.3 is 15.2 Å². The number of fused-ring (bicyclic) bond motifs is 1. The first kappa shape index (κ1) is 12.5. The van der Waals surface area contributed by atoms with E-state index < -0.39 is 6.10 Å². The molecule has 1 aromatic carbocycles. The van der Waals surface area contributed by atoms with Crippen LogP contribution in [0.5, 0.6) is 5.75 Å². The number of aliphatic hydroxyl groups excluding tert-OH is 1. The SMILES string of the molecule is CC(C1CC1)C(O)c1ccc2c(c1)C(=O)NCCO2. The number of nitrogens with one attached hydrogen (secondary N) is 1. The van der Waals surface area contributed by atoms with Gasteiger partial charge in [0.05, 0.1) is 18.2 Å². The summed E-state index contributed by atoms with van der Waals surface area (Å²) in [5.74, 6) is 1.34. The molecule has 2 aliphatic rings.